The molecule has 0 aromatic heterocycles. The molecule has 0 aliphatic carbocycles. The van der Waals surface area contributed by atoms with Crippen molar-refractivity contribution in [2.45, 2.75) is 11.4 Å². The number of para-hydroxylation sites is 2. The second kappa shape index (κ2) is 6.74. The third-order valence-corrected chi connectivity index (χ3v) is 6.69. The highest BCUT2D eigenvalue weighted by Crippen LogP contribution is 2.55. The van der Waals surface area contributed by atoms with Crippen LogP contribution in [-0.4, -0.2) is 17.6 Å². The molecule has 0 saturated carbocycles. The zero-order chi connectivity index (χ0) is 20.0. The van der Waals surface area contributed by atoms with Gasteiger partial charge in [0.15, 0.2) is 0 Å². The summed E-state index contributed by atoms with van der Waals surface area (Å²) in [7, 11) is 0. The van der Waals surface area contributed by atoms with Crippen molar-refractivity contribution in [3.63, 3.8) is 0 Å². The molecule has 1 saturated heterocycles. The fraction of sp³-hybridized carbons (Fsp3) is 0.130. The van der Waals surface area contributed by atoms with E-state index >= 15 is 0 Å². The van der Waals surface area contributed by atoms with E-state index in [4.69, 9.17) is 0 Å². The summed E-state index contributed by atoms with van der Waals surface area (Å²) < 4.78 is 13.7. The largest absolute Gasteiger partial charge is 0.304 e. The van der Waals surface area contributed by atoms with Crippen LogP contribution < -0.4 is 9.80 Å². The number of anilines is 2. The van der Waals surface area contributed by atoms with Crippen LogP contribution in [0.3, 0.4) is 0 Å². The van der Waals surface area contributed by atoms with Crippen LogP contribution in [0, 0.1) is 5.82 Å². The summed E-state index contributed by atoms with van der Waals surface area (Å²) in [6, 6.07) is 23.1. The highest BCUT2D eigenvalue weighted by Gasteiger charge is 2.60. The van der Waals surface area contributed by atoms with Gasteiger partial charge in [-0.2, -0.15) is 0 Å². The predicted octanol–water partition coefficient (Wildman–Crippen LogP) is 4.31. The van der Waals surface area contributed by atoms with Crippen LogP contribution in [0.1, 0.15) is 11.1 Å². The van der Waals surface area contributed by atoms with Crippen LogP contribution in [0.5, 0.6) is 0 Å². The molecule has 2 amide bonds. The van der Waals surface area contributed by atoms with E-state index in [2.05, 4.69) is 0 Å². The summed E-state index contributed by atoms with van der Waals surface area (Å²) in [5, 5.41) is 0. The number of amides is 2. The summed E-state index contributed by atoms with van der Waals surface area (Å²) >= 11 is 1.34. The van der Waals surface area contributed by atoms with Gasteiger partial charge in [-0.15, -0.1) is 11.8 Å². The van der Waals surface area contributed by atoms with Crippen molar-refractivity contribution < 1.29 is 14.0 Å². The Hall–Kier alpha value is -3.12. The Labute approximate surface area is 171 Å². The van der Waals surface area contributed by atoms with Gasteiger partial charge in [-0.25, -0.2) is 4.39 Å². The molecular formula is C23H17FN2O2S. The van der Waals surface area contributed by atoms with Crippen molar-refractivity contribution in [3.05, 3.63) is 95.8 Å². The molecule has 1 unspecified atom stereocenters. The van der Waals surface area contributed by atoms with Crippen LogP contribution >= 0.6 is 11.8 Å². The van der Waals surface area contributed by atoms with Gasteiger partial charge < -0.3 is 4.90 Å². The van der Waals surface area contributed by atoms with E-state index in [9.17, 15) is 14.0 Å². The molecule has 1 atom stereocenters. The average molecular weight is 404 g/mol. The maximum atomic E-state index is 13.8. The van der Waals surface area contributed by atoms with Crippen LogP contribution in [-0.2, 0) is 21.0 Å². The van der Waals surface area contributed by atoms with Crippen molar-refractivity contribution in [2.24, 2.45) is 0 Å². The fourth-order valence-corrected chi connectivity index (χ4v) is 5.47. The summed E-state index contributed by atoms with van der Waals surface area (Å²) in [6.07, 6.45) is 0. The van der Waals surface area contributed by atoms with Gasteiger partial charge in [0.1, 0.15) is 5.82 Å². The van der Waals surface area contributed by atoms with Gasteiger partial charge in [-0.05, 0) is 35.9 Å². The van der Waals surface area contributed by atoms with E-state index in [1.165, 1.54) is 23.9 Å². The Morgan fingerprint density at radius 2 is 1.69 bits per heavy atom. The lowest BCUT2D eigenvalue weighted by molar-refractivity contribution is -0.123. The Balaban J connectivity index is 1.64. The highest BCUT2D eigenvalue weighted by atomic mass is 32.2. The molecule has 4 nitrogen and oxygen atoms in total. The summed E-state index contributed by atoms with van der Waals surface area (Å²) in [6.45, 7) is 0.243. The second-order valence-corrected chi connectivity index (χ2v) is 8.20. The topological polar surface area (TPSA) is 40.6 Å². The highest BCUT2D eigenvalue weighted by molar-refractivity contribution is 8.02. The molecule has 5 rings (SSSR count). The first kappa shape index (κ1) is 17.9. The SMILES string of the molecule is O=C1CSC2(C(=O)N(Cc3cccc(F)c3)c3ccccc32)N1c1ccccc1. The molecule has 6 heteroatoms. The molecule has 3 aromatic carbocycles. The van der Waals surface area contributed by atoms with Gasteiger partial charge in [-0.3, -0.25) is 14.5 Å². The minimum absolute atomic E-state index is 0.100. The normalized spacial score (nSPS) is 20.6. The lowest BCUT2D eigenvalue weighted by Gasteiger charge is -2.33. The Morgan fingerprint density at radius 3 is 2.48 bits per heavy atom. The molecule has 1 fully saturated rings. The number of hydrogen-bond donors (Lipinski definition) is 0. The first-order valence-corrected chi connectivity index (χ1v) is 10.3. The Bertz CT molecular complexity index is 1120. The number of carbonyl (C=O) groups excluding carboxylic acids is 2. The van der Waals surface area contributed by atoms with E-state index in [1.807, 2.05) is 54.6 Å². The standard InChI is InChI=1S/C23H17FN2O2S/c24-17-8-6-7-16(13-17)14-25-20-12-5-4-11-19(20)23(22(25)28)26(21(27)15-29-23)18-9-2-1-3-10-18/h1-13H,14-15H2. The quantitative estimate of drug-likeness (QED) is 0.653. The number of carbonyl (C=O) groups is 2. The lowest BCUT2D eigenvalue weighted by Crippen LogP contribution is -2.49. The van der Waals surface area contributed by atoms with E-state index in [0.717, 1.165) is 11.3 Å². The maximum Gasteiger partial charge on any atom is 0.269 e. The molecule has 2 heterocycles. The second-order valence-electron chi connectivity index (χ2n) is 7.04. The van der Waals surface area contributed by atoms with Crippen molar-refractivity contribution in [1.29, 1.82) is 0 Å². The number of thioether (sulfide) groups is 1. The number of benzene rings is 3. The zero-order valence-electron chi connectivity index (χ0n) is 15.4. The minimum atomic E-state index is -1.14. The smallest absolute Gasteiger partial charge is 0.269 e. The first-order valence-electron chi connectivity index (χ1n) is 9.29. The van der Waals surface area contributed by atoms with Crippen LogP contribution in [0.4, 0.5) is 15.8 Å². The van der Waals surface area contributed by atoms with Gasteiger partial charge in [0.05, 0.1) is 18.0 Å². The lowest BCUT2D eigenvalue weighted by atomic mass is 10.0. The van der Waals surface area contributed by atoms with E-state index in [0.29, 0.717) is 11.3 Å². The molecule has 3 aromatic rings. The monoisotopic (exact) mass is 404 g/mol. The molecule has 0 radical (unpaired) electrons. The third-order valence-electron chi connectivity index (χ3n) is 5.31. The number of hydrogen-bond acceptors (Lipinski definition) is 3. The minimum Gasteiger partial charge on any atom is -0.304 e. The molecule has 1 spiro atoms. The van der Waals surface area contributed by atoms with Crippen molar-refractivity contribution >= 4 is 35.0 Å². The Kier molecular flexibility index (Phi) is 4.17. The van der Waals surface area contributed by atoms with Gasteiger partial charge in [0.25, 0.3) is 5.91 Å². The van der Waals surface area contributed by atoms with Gasteiger partial charge in [0.2, 0.25) is 10.8 Å². The number of rotatable bonds is 3. The van der Waals surface area contributed by atoms with E-state index < -0.39 is 4.87 Å². The molecule has 0 N–H and O–H groups in total. The van der Waals surface area contributed by atoms with E-state index in [-0.39, 0.29) is 29.9 Å². The van der Waals surface area contributed by atoms with Crippen LogP contribution in [0.2, 0.25) is 0 Å². The van der Waals surface area contributed by atoms with Gasteiger partial charge >= 0.3 is 0 Å². The fourth-order valence-electron chi connectivity index (χ4n) is 4.11. The first-order chi connectivity index (χ1) is 14.1. The average Bonchev–Trinajstić information content (AvgIpc) is 3.20. The van der Waals surface area contributed by atoms with Crippen molar-refractivity contribution in [1.82, 2.24) is 0 Å². The molecule has 2 aliphatic rings. The molecule has 144 valence electrons. The number of fused-ring (bicyclic) bond motifs is 2. The molecule has 29 heavy (non-hydrogen) atoms. The number of nitrogens with zero attached hydrogens (tertiary/aromatic N) is 2. The maximum absolute atomic E-state index is 13.8. The van der Waals surface area contributed by atoms with Crippen LogP contribution in [0.15, 0.2) is 78.9 Å². The molecule has 0 bridgehead atoms. The van der Waals surface area contributed by atoms with Gasteiger partial charge in [0, 0.05) is 11.3 Å². The van der Waals surface area contributed by atoms with Crippen LogP contribution in [0.25, 0.3) is 0 Å². The van der Waals surface area contributed by atoms with Gasteiger partial charge in [-0.1, -0.05) is 48.5 Å². The number of halogens is 1. The van der Waals surface area contributed by atoms with Crippen molar-refractivity contribution in [3.8, 4) is 0 Å². The summed E-state index contributed by atoms with van der Waals surface area (Å²) in [5.74, 6) is -0.393. The molecular weight excluding hydrogens is 387 g/mol. The summed E-state index contributed by atoms with van der Waals surface area (Å²) in [4.78, 5) is 28.8. The Morgan fingerprint density at radius 1 is 0.931 bits per heavy atom. The predicted molar refractivity (Wildman–Crippen MR) is 112 cm³/mol. The van der Waals surface area contributed by atoms with Crippen molar-refractivity contribution in [2.75, 3.05) is 15.6 Å². The molecule has 2 aliphatic heterocycles. The third kappa shape index (κ3) is 2.67. The zero-order valence-corrected chi connectivity index (χ0v) is 16.2. The summed E-state index contributed by atoms with van der Waals surface area (Å²) in [5.41, 5.74) is 2.94. The van der Waals surface area contributed by atoms with E-state index in [1.54, 1.807) is 21.9 Å².